The predicted molar refractivity (Wildman–Crippen MR) is 51.1 cm³/mol. The first-order valence-corrected chi connectivity index (χ1v) is 4.63. The molecule has 13 heavy (non-hydrogen) atoms. The Morgan fingerprint density at radius 2 is 2.46 bits per heavy atom. The molecule has 1 heterocycles. The first-order valence-electron chi connectivity index (χ1n) is 5.43. The lowest BCUT2D eigenvalue weighted by atomic mass is 10.2. The van der Waals surface area contributed by atoms with Crippen molar-refractivity contribution in [3.8, 4) is 0 Å². The van der Waals surface area contributed by atoms with Crippen molar-refractivity contribution in [3.63, 3.8) is 0 Å². The number of ether oxygens (including phenoxy) is 1. The molecule has 0 N–H and O–H groups in total. The Morgan fingerprint density at radius 3 is 3.00 bits per heavy atom. The number of amides is 1. The molecule has 1 aliphatic rings. The van der Waals surface area contributed by atoms with Crippen molar-refractivity contribution < 1.29 is 17.8 Å². The molecule has 76 valence electrons. The van der Waals surface area contributed by atoms with Crippen LogP contribution in [-0.4, -0.2) is 28.6 Å². The molecule has 1 saturated heterocycles. The van der Waals surface area contributed by atoms with Crippen LogP contribution >= 0.6 is 12.2 Å². The average Bonchev–Trinajstić information content (AvgIpc) is 2.45. The molecule has 1 atom stereocenters. The van der Waals surface area contributed by atoms with Crippen LogP contribution in [0, 0.1) is 0 Å². The zero-order valence-corrected chi connectivity index (χ0v) is 8.68. The van der Waals surface area contributed by atoms with Gasteiger partial charge in [0.1, 0.15) is 17.8 Å². The summed E-state index contributed by atoms with van der Waals surface area (Å²) in [6.45, 7) is 2.88. The smallest absolute Gasteiger partial charge is 0.422 e. The third kappa shape index (κ3) is 3.08. The molecule has 0 aromatic heterocycles. The number of rotatable bonds is 0. The Balaban J connectivity index is 2.69. The van der Waals surface area contributed by atoms with Crippen LogP contribution in [0.3, 0.4) is 0 Å². The summed E-state index contributed by atoms with van der Waals surface area (Å²) in [5.74, 6) is 0. The van der Waals surface area contributed by atoms with E-state index < -0.39 is 24.6 Å². The van der Waals surface area contributed by atoms with Gasteiger partial charge in [0, 0.05) is 4.11 Å². The van der Waals surface area contributed by atoms with Crippen LogP contribution < -0.4 is 0 Å². The lowest BCUT2D eigenvalue weighted by Crippen LogP contribution is -2.35. The van der Waals surface area contributed by atoms with Gasteiger partial charge in [0.25, 0.3) is 0 Å². The predicted octanol–water partition coefficient (Wildman–Crippen LogP) is 2.21. The van der Waals surface area contributed by atoms with Crippen LogP contribution in [-0.2, 0) is 8.92 Å². The van der Waals surface area contributed by atoms with Gasteiger partial charge in [-0.15, -0.1) is 0 Å². The zero-order valence-electron chi connectivity index (χ0n) is 10.9. The van der Waals surface area contributed by atoms with E-state index in [2.05, 4.69) is 0 Å². The largest absolute Gasteiger partial charge is 0.443 e. The van der Waals surface area contributed by atoms with Crippen LogP contribution in [0.2, 0.25) is 0 Å². The van der Waals surface area contributed by atoms with Gasteiger partial charge in [-0.25, -0.2) is 9.10 Å². The normalized spacial score (nSPS) is 27.8. The quantitative estimate of drug-likeness (QED) is 0.452. The highest BCUT2D eigenvalue weighted by Gasteiger charge is 2.31. The molecule has 5 heteroatoms. The summed E-state index contributed by atoms with van der Waals surface area (Å²) in [6, 6.07) is -0.952. The number of nitrogens with zero attached hydrogens (tertiary/aromatic N) is 1. The fraction of sp³-hybridized carbons (Fsp3) is 0.875. The first-order chi connectivity index (χ1) is 7.11. The Morgan fingerprint density at radius 1 is 1.77 bits per heavy atom. The molecule has 0 saturated carbocycles. The molecule has 0 aromatic carbocycles. The summed E-state index contributed by atoms with van der Waals surface area (Å²) in [5, 5.41) is 0. The van der Waals surface area contributed by atoms with Crippen LogP contribution in [0.1, 0.15) is 31.7 Å². The number of carbonyl (C=O) groups is 1. The molecule has 1 amide bonds. The highest BCUT2D eigenvalue weighted by atomic mass is 32.2. The highest BCUT2D eigenvalue weighted by molar-refractivity contribution is 7.93. The van der Waals surface area contributed by atoms with Gasteiger partial charge < -0.3 is 4.74 Å². The molecule has 0 radical (unpaired) electrons. The molecule has 0 bridgehead atoms. The molecule has 4 nitrogen and oxygen atoms in total. The molecular formula is C8H15NO3S. The van der Waals surface area contributed by atoms with Crippen LogP contribution in [0.5, 0.6) is 0 Å². The lowest BCUT2D eigenvalue weighted by Gasteiger charge is -2.24. The van der Waals surface area contributed by atoms with E-state index >= 15 is 0 Å². The molecule has 0 aromatic rings. The minimum absolute atomic E-state index is 0.0135. The Labute approximate surface area is 87.1 Å². The molecule has 0 aliphatic carbocycles. The van der Waals surface area contributed by atoms with Gasteiger partial charge in [0.2, 0.25) is 0 Å². The molecule has 1 rings (SSSR count). The second-order valence-electron chi connectivity index (χ2n) is 3.68. The van der Waals surface area contributed by atoms with Crippen molar-refractivity contribution in [2.24, 2.45) is 0 Å². The van der Waals surface area contributed by atoms with Crippen molar-refractivity contribution in [1.82, 2.24) is 4.31 Å². The maximum absolute atomic E-state index is 11.7. The van der Waals surface area contributed by atoms with Crippen molar-refractivity contribution >= 4 is 18.3 Å². The van der Waals surface area contributed by atoms with E-state index in [0.717, 1.165) is 16.5 Å². The molecular weight excluding hydrogens is 190 g/mol. The number of hydrogen-bond donors (Lipinski definition) is 0. The van der Waals surface area contributed by atoms with Gasteiger partial charge in [0.05, 0.1) is 12.6 Å². The maximum atomic E-state index is 11.7. The third-order valence-corrected chi connectivity index (χ3v) is 2.02. The standard InChI is InChI=1S/C8H15NO3S/c1-6-5-11-13-9(6)7(10)12-8(2,3)4/h6H,5H2,1-4H3/i1D3. The molecule has 1 fully saturated rings. The Bertz CT molecular complexity index is 277. The molecule has 1 unspecified atom stereocenters. The van der Waals surface area contributed by atoms with Gasteiger partial charge in [-0.3, -0.25) is 4.18 Å². The summed E-state index contributed by atoms with van der Waals surface area (Å²) >= 11 is 0.725. The van der Waals surface area contributed by atoms with E-state index in [4.69, 9.17) is 13.0 Å². The Kier molecular flexibility index (Phi) is 2.01. The number of carbonyl (C=O) groups excluding carboxylic acids is 1. The van der Waals surface area contributed by atoms with Crippen LogP contribution in [0.25, 0.3) is 0 Å². The van der Waals surface area contributed by atoms with E-state index in [1.807, 2.05) is 0 Å². The topological polar surface area (TPSA) is 38.8 Å². The minimum atomic E-state index is -2.26. The first kappa shape index (κ1) is 6.95. The lowest BCUT2D eigenvalue weighted by molar-refractivity contribution is 0.0377. The average molecular weight is 208 g/mol. The van der Waals surface area contributed by atoms with Crippen molar-refractivity contribution in [1.29, 1.82) is 0 Å². The van der Waals surface area contributed by atoms with Crippen molar-refractivity contribution in [2.45, 2.75) is 39.3 Å². The van der Waals surface area contributed by atoms with E-state index in [-0.39, 0.29) is 6.61 Å². The van der Waals surface area contributed by atoms with Gasteiger partial charge in [-0.1, -0.05) is 0 Å². The van der Waals surface area contributed by atoms with E-state index in [0.29, 0.717) is 0 Å². The van der Waals surface area contributed by atoms with Crippen molar-refractivity contribution in [3.05, 3.63) is 0 Å². The SMILES string of the molecule is [2H]C([2H])([2H])C1COSN1C(=O)OC(C)(C)C. The summed E-state index contributed by atoms with van der Waals surface area (Å²) in [5.41, 5.74) is -0.653. The highest BCUT2D eigenvalue weighted by Crippen LogP contribution is 2.26. The second kappa shape index (κ2) is 3.75. The van der Waals surface area contributed by atoms with Crippen LogP contribution in [0.4, 0.5) is 4.79 Å². The number of hydrogen-bond acceptors (Lipinski definition) is 4. The maximum Gasteiger partial charge on any atom is 0.422 e. The summed E-state index contributed by atoms with van der Waals surface area (Å²) in [6.07, 6.45) is -0.684. The van der Waals surface area contributed by atoms with Gasteiger partial charge in [0.15, 0.2) is 0 Å². The third-order valence-electron chi connectivity index (χ3n) is 1.22. The summed E-state index contributed by atoms with van der Waals surface area (Å²) < 4.78 is 32.8. The monoisotopic (exact) mass is 208 g/mol. The minimum Gasteiger partial charge on any atom is -0.443 e. The molecule has 0 spiro atoms. The van der Waals surface area contributed by atoms with Crippen molar-refractivity contribution in [2.75, 3.05) is 6.61 Å². The molecule has 1 aliphatic heterocycles. The van der Waals surface area contributed by atoms with Gasteiger partial charge in [-0.2, -0.15) is 0 Å². The summed E-state index contributed by atoms with van der Waals surface area (Å²) in [4.78, 5) is 11.7. The van der Waals surface area contributed by atoms with E-state index in [9.17, 15) is 4.79 Å². The van der Waals surface area contributed by atoms with Gasteiger partial charge in [-0.05, 0) is 27.6 Å². The second-order valence-corrected chi connectivity index (χ2v) is 4.46. The zero-order chi connectivity index (χ0) is 12.6. The van der Waals surface area contributed by atoms with E-state index in [1.54, 1.807) is 20.8 Å². The van der Waals surface area contributed by atoms with E-state index in [1.165, 1.54) is 0 Å². The summed E-state index contributed by atoms with van der Waals surface area (Å²) in [7, 11) is 0. The fourth-order valence-electron chi connectivity index (χ4n) is 0.736. The Hall–Kier alpha value is -0.420. The van der Waals surface area contributed by atoms with Gasteiger partial charge >= 0.3 is 6.09 Å². The fourth-order valence-corrected chi connectivity index (χ4v) is 1.30. The van der Waals surface area contributed by atoms with Crippen LogP contribution in [0.15, 0.2) is 0 Å².